The van der Waals surface area contributed by atoms with E-state index in [9.17, 15) is 0 Å². The summed E-state index contributed by atoms with van der Waals surface area (Å²) in [7, 11) is 2.15. The Morgan fingerprint density at radius 3 is 2.83 bits per heavy atom. The van der Waals surface area contributed by atoms with Crippen LogP contribution in [-0.2, 0) is 0 Å². The number of hydrogen-bond donors (Lipinski definition) is 1. The lowest BCUT2D eigenvalue weighted by Crippen LogP contribution is -2.31. The molecule has 0 unspecified atom stereocenters. The van der Waals surface area contributed by atoms with Crippen molar-refractivity contribution in [1.29, 1.82) is 0 Å². The predicted molar refractivity (Wildman–Crippen MR) is 79.2 cm³/mol. The van der Waals surface area contributed by atoms with Crippen molar-refractivity contribution < 1.29 is 0 Å². The van der Waals surface area contributed by atoms with Gasteiger partial charge in [-0.05, 0) is 38.6 Å². The summed E-state index contributed by atoms with van der Waals surface area (Å²) in [6.45, 7) is 6.19. The van der Waals surface area contributed by atoms with Crippen LogP contribution in [0.3, 0.4) is 0 Å². The van der Waals surface area contributed by atoms with Gasteiger partial charge in [0.25, 0.3) is 0 Å². The zero-order valence-electron chi connectivity index (χ0n) is 11.0. The number of aromatic nitrogens is 1. The molecule has 0 aliphatic carbocycles. The molecule has 0 amide bonds. The SMILES string of the molecule is Cc1ccnc(N2CCCN(C)CC2)c1C(N)=S. The minimum Gasteiger partial charge on any atom is -0.389 e. The molecule has 0 atom stereocenters. The van der Waals surface area contributed by atoms with Gasteiger partial charge in [-0.2, -0.15) is 0 Å². The number of aryl methyl sites for hydroxylation is 1. The highest BCUT2D eigenvalue weighted by Gasteiger charge is 2.18. The molecule has 1 fully saturated rings. The number of likely N-dealkylation sites (N-methyl/N-ethyl adjacent to an activating group) is 1. The number of anilines is 1. The monoisotopic (exact) mass is 264 g/mol. The standard InChI is InChI=1S/C13H20N4S/c1-10-4-5-15-13(11(10)12(14)18)17-7-3-6-16(2)8-9-17/h4-5H,3,6-9H2,1-2H3,(H2,14,18). The number of nitrogens with two attached hydrogens (primary N) is 1. The van der Waals surface area contributed by atoms with E-state index in [0.717, 1.165) is 49.5 Å². The zero-order valence-corrected chi connectivity index (χ0v) is 11.8. The fourth-order valence-electron chi connectivity index (χ4n) is 2.35. The van der Waals surface area contributed by atoms with Gasteiger partial charge in [0.1, 0.15) is 10.8 Å². The Labute approximate surface area is 114 Å². The van der Waals surface area contributed by atoms with Gasteiger partial charge in [-0.3, -0.25) is 0 Å². The van der Waals surface area contributed by atoms with Gasteiger partial charge >= 0.3 is 0 Å². The molecule has 1 aromatic rings. The second kappa shape index (κ2) is 5.63. The molecule has 18 heavy (non-hydrogen) atoms. The Morgan fingerprint density at radius 2 is 2.11 bits per heavy atom. The van der Waals surface area contributed by atoms with Crippen molar-refractivity contribution in [3.05, 3.63) is 23.4 Å². The lowest BCUT2D eigenvalue weighted by molar-refractivity contribution is 0.360. The van der Waals surface area contributed by atoms with Crippen molar-refractivity contribution in [2.45, 2.75) is 13.3 Å². The zero-order chi connectivity index (χ0) is 13.1. The van der Waals surface area contributed by atoms with Gasteiger partial charge in [-0.15, -0.1) is 0 Å². The second-order valence-corrected chi connectivity index (χ2v) is 5.27. The summed E-state index contributed by atoms with van der Waals surface area (Å²) in [4.78, 5) is 9.57. The second-order valence-electron chi connectivity index (χ2n) is 4.83. The van der Waals surface area contributed by atoms with Gasteiger partial charge in [0.2, 0.25) is 0 Å². The van der Waals surface area contributed by atoms with E-state index in [2.05, 4.69) is 21.8 Å². The molecule has 0 radical (unpaired) electrons. The van der Waals surface area contributed by atoms with Crippen molar-refractivity contribution in [2.75, 3.05) is 38.1 Å². The number of thiocarbonyl (C=S) groups is 1. The Bertz CT molecular complexity index is 447. The molecule has 2 rings (SSSR count). The van der Waals surface area contributed by atoms with Crippen molar-refractivity contribution in [3.63, 3.8) is 0 Å². The van der Waals surface area contributed by atoms with Crippen molar-refractivity contribution >= 4 is 23.0 Å². The minimum absolute atomic E-state index is 0.438. The number of pyridine rings is 1. The topological polar surface area (TPSA) is 45.4 Å². The highest BCUT2D eigenvalue weighted by Crippen LogP contribution is 2.22. The Hall–Kier alpha value is -1.20. The highest BCUT2D eigenvalue weighted by molar-refractivity contribution is 7.80. The first kappa shape index (κ1) is 13.2. The summed E-state index contributed by atoms with van der Waals surface area (Å²) in [6.07, 6.45) is 2.98. The van der Waals surface area contributed by atoms with Crippen LogP contribution in [0.1, 0.15) is 17.5 Å². The quantitative estimate of drug-likeness (QED) is 0.812. The molecule has 0 aromatic carbocycles. The average molecular weight is 264 g/mol. The van der Waals surface area contributed by atoms with Crippen LogP contribution in [0.25, 0.3) is 0 Å². The first-order chi connectivity index (χ1) is 8.59. The van der Waals surface area contributed by atoms with Crippen LogP contribution in [0, 0.1) is 6.92 Å². The van der Waals surface area contributed by atoms with Gasteiger partial charge in [-0.25, -0.2) is 4.98 Å². The smallest absolute Gasteiger partial charge is 0.139 e. The average Bonchev–Trinajstić information content (AvgIpc) is 2.53. The normalized spacial score (nSPS) is 17.6. The molecule has 5 heteroatoms. The maximum atomic E-state index is 5.84. The van der Waals surface area contributed by atoms with E-state index in [-0.39, 0.29) is 0 Å². The molecule has 1 aromatic heterocycles. The van der Waals surface area contributed by atoms with Crippen LogP contribution >= 0.6 is 12.2 Å². The summed E-state index contributed by atoms with van der Waals surface area (Å²) >= 11 is 5.16. The molecular weight excluding hydrogens is 244 g/mol. The Balaban J connectivity index is 2.32. The lowest BCUT2D eigenvalue weighted by Gasteiger charge is -2.24. The van der Waals surface area contributed by atoms with E-state index < -0.39 is 0 Å². The lowest BCUT2D eigenvalue weighted by atomic mass is 10.1. The fourth-order valence-corrected chi connectivity index (χ4v) is 2.60. The summed E-state index contributed by atoms with van der Waals surface area (Å²) in [5, 5.41) is 0. The summed E-state index contributed by atoms with van der Waals surface area (Å²) < 4.78 is 0. The molecular formula is C13H20N4S. The summed E-state index contributed by atoms with van der Waals surface area (Å²) in [5.41, 5.74) is 7.87. The molecule has 2 N–H and O–H groups in total. The van der Waals surface area contributed by atoms with Crippen molar-refractivity contribution in [2.24, 2.45) is 5.73 Å². The van der Waals surface area contributed by atoms with Gasteiger partial charge < -0.3 is 15.5 Å². The van der Waals surface area contributed by atoms with Crippen LogP contribution in [0.15, 0.2) is 12.3 Å². The Kier molecular flexibility index (Phi) is 4.14. The molecule has 0 saturated carbocycles. The third-order valence-corrected chi connectivity index (χ3v) is 3.61. The molecule has 0 bridgehead atoms. The van der Waals surface area contributed by atoms with E-state index in [1.807, 2.05) is 19.2 Å². The third-order valence-electron chi connectivity index (χ3n) is 3.40. The van der Waals surface area contributed by atoms with Crippen LogP contribution in [0.5, 0.6) is 0 Å². The minimum atomic E-state index is 0.438. The number of hydrogen-bond acceptors (Lipinski definition) is 4. The van der Waals surface area contributed by atoms with Crippen LogP contribution in [0.4, 0.5) is 5.82 Å². The van der Waals surface area contributed by atoms with E-state index in [1.54, 1.807) is 0 Å². The molecule has 98 valence electrons. The predicted octanol–water partition coefficient (Wildman–Crippen LogP) is 1.17. The van der Waals surface area contributed by atoms with E-state index in [0.29, 0.717) is 4.99 Å². The molecule has 1 saturated heterocycles. The first-order valence-corrected chi connectivity index (χ1v) is 6.69. The van der Waals surface area contributed by atoms with Crippen molar-refractivity contribution in [3.8, 4) is 0 Å². The number of nitrogens with zero attached hydrogens (tertiary/aromatic N) is 3. The maximum Gasteiger partial charge on any atom is 0.139 e. The summed E-state index contributed by atoms with van der Waals surface area (Å²) in [5.74, 6) is 0.942. The third kappa shape index (κ3) is 2.79. The maximum absolute atomic E-state index is 5.84. The van der Waals surface area contributed by atoms with Crippen LogP contribution in [0.2, 0.25) is 0 Å². The highest BCUT2D eigenvalue weighted by atomic mass is 32.1. The van der Waals surface area contributed by atoms with E-state index in [4.69, 9.17) is 18.0 Å². The Morgan fingerprint density at radius 1 is 1.33 bits per heavy atom. The molecule has 0 spiro atoms. The van der Waals surface area contributed by atoms with Gasteiger partial charge in [0.15, 0.2) is 0 Å². The van der Waals surface area contributed by atoms with Gasteiger partial charge in [0.05, 0.1) is 5.56 Å². The molecule has 1 aliphatic heterocycles. The molecule has 2 heterocycles. The van der Waals surface area contributed by atoms with Gasteiger partial charge in [-0.1, -0.05) is 12.2 Å². The van der Waals surface area contributed by atoms with E-state index >= 15 is 0 Å². The number of rotatable bonds is 2. The van der Waals surface area contributed by atoms with Gasteiger partial charge in [0, 0.05) is 25.8 Å². The largest absolute Gasteiger partial charge is 0.389 e. The molecule has 1 aliphatic rings. The van der Waals surface area contributed by atoms with Crippen molar-refractivity contribution in [1.82, 2.24) is 9.88 Å². The fraction of sp³-hybridized carbons (Fsp3) is 0.538. The first-order valence-electron chi connectivity index (χ1n) is 6.28. The summed E-state index contributed by atoms with van der Waals surface area (Å²) in [6, 6.07) is 1.96. The van der Waals surface area contributed by atoms with Crippen LogP contribution < -0.4 is 10.6 Å². The van der Waals surface area contributed by atoms with Crippen LogP contribution in [-0.4, -0.2) is 48.1 Å². The van der Waals surface area contributed by atoms with E-state index in [1.165, 1.54) is 0 Å². The molecule has 4 nitrogen and oxygen atoms in total.